The zero-order valence-corrected chi connectivity index (χ0v) is 9.13. The number of ether oxygens (including phenoxy) is 2. The van der Waals surface area contributed by atoms with Crippen LogP contribution in [0.2, 0.25) is 0 Å². The summed E-state index contributed by atoms with van der Waals surface area (Å²) in [5, 5.41) is 9.35. The molecule has 78 valence electrons. The third kappa shape index (κ3) is 6.16. The Morgan fingerprint density at radius 3 is 2.54 bits per heavy atom. The van der Waals surface area contributed by atoms with Crippen LogP contribution in [0.4, 0.5) is 0 Å². The lowest BCUT2D eigenvalue weighted by Gasteiger charge is -2.15. The first-order valence-corrected chi connectivity index (χ1v) is 4.70. The molecule has 0 aliphatic heterocycles. The number of aliphatic hydroxyl groups is 1. The molecule has 0 unspecified atom stereocenters. The van der Waals surface area contributed by atoms with E-state index in [0.717, 1.165) is 0 Å². The minimum atomic E-state index is -0.790. The molecule has 1 N–H and O–H groups in total. The second-order valence-electron chi connectivity index (χ2n) is 2.59. The molecule has 0 amide bonds. The molecule has 0 bridgehead atoms. The minimum absolute atomic E-state index is 0.156. The molecular weight excluding hydrogens is 215 g/mol. The van der Waals surface area contributed by atoms with E-state index >= 15 is 0 Å². The van der Waals surface area contributed by atoms with E-state index < -0.39 is 10.9 Å². The first kappa shape index (κ1) is 13.0. The number of aliphatic hydroxyl groups excluding tert-OH is 1. The molecule has 0 aromatic heterocycles. The normalized spacial score (nSPS) is 16.5. The standard InChI is InChI=1S/C8H14Cl2O3/c1-6(7(11)8(9)10)3-4-13-5-12-2/h3-4,6-8,11H,5H2,1-2H3/b4-3-/t6-,7-/m0/s1. The lowest BCUT2D eigenvalue weighted by Crippen LogP contribution is -2.22. The van der Waals surface area contributed by atoms with Crippen molar-refractivity contribution in [1.82, 2.24) is 0 Å². The van der Waals surface area contributed by atoms with Gasteiger partial charge in [-0.25, -0.2) is 0 Å². The first-order valence-electron chi connectivity index (χ1n) is 3.83. The van der Waals surface area contributed by atoms with Crippen molar-refractivity contribution in [1.29, 1.82) is 0 Å². The molecular formula is C8H14Cl2O3. The van der Waals surface area contributed by atoms with Crippen LogP contribution in [0.5, 0.6) is 0 Å². The van der Waals surface area contributed by atoms with Crippen molar-refractivity contribution in [2.45, 2.75) is 17.9 Å². The molecule has 0 saturated carbocycles. The van der Waals surface area contributed by atoms with Crippen LogP contribution < -0.4 is 0 Å². The predicted molar refractivity (Wildman–Crippen MR) is 52.8 cm³/mol. The van der Waals surface area contributed by atoms with Gasteiger partial charge in [-0.1, -0.05) is 6.92 Å². The molecule has 0 rings (SSSR count). The van der Waals surface area contributed by atoms with Gasteiger partial charge in [0.05, 0.1) is 12.4 Å². The van der Waals surface area contributed by atoms with Gasteiger partial charge in [-0.2, -0.15) is 0 Å². The summed E-state index contributed by atoms with van der Waals surface area (Å²) in [6.45, 7) is 1.97. The van der Waals surface area contributed by atoms with Gasteiger partial charge in [0.1, 0.15) is 4.84 Å². The highest BCUT2D eigenvalue weighted by Crippen LogP contribution is 2.16. The average molecular weight is 229 g/mol. The molecule has 0 aromatic rings. The average Bonchev–Trinajstić information content (AvgIpc) is 2.10. The van der Waals surface area contributed by atoms with E-state index in [9.17, 15) is 5.11 Å². The molecule has 0 fully saturated rings. The fourth-order valence-electron chi connectivity index (χ4n) is 0.630. The van der Waals surface area contributed by atoms with E-state index in [1.807, 2.05) is 0 Å². The SMILES string of the molecule is COCO/C=C\[C@H](C)[C@H](O)C(Cl)Cl. The predicted octanol–water partition coefficient (Wildman–Crippen LogP) is 1.92. The Balaban J connectivity index is 3.71. The van der Waals surface area contributed by atoms with Crippen molar-refractivity contribution in [3.8, 4) is 0 Å². The van der Waals surface area contributed by atoms with Crippen LogP contribution in [-0.4, -0.2) is 29.9 Å². The highest BCUT2D eigenvalue weighted by molar-refractivity contribution is 6.44. The highest BCUT2D eigenvalue weighted by Gasteiger charge is 2.18. The number of halogens is 2. The van der Waals surface area contributed by atoms with E-state index in [-0.39, 0.29) is 12.7 Å². The van der Waals surface area contributed by atoms with E-state index in [2.05, 4.69) is 4.74 Å². The molecule has 0 aromatic carbocycles. The van der Waals surface area contributed by atoms with Crippen molar-refractivity contribution in [3.05, 3.63) is 12.3 Å². The molecule has 13 heavy (non-hydrogen) atoms. The third-order valence-electron chi connectivity index (χ3n) is 1.46. The van der Waals surface area contributed by atoms with Gasteiger partial charge < -0.3 is 14.6 Å². The number of methoxy groups -OCH3 is 1. The van der Waals surface area contributed by atoms with Crippen molar-refractivity contribution in [2.24, 2.45) is 5.92 Å². The van der Waals surface area contributed by atoms with Gasteiger partial charge >= 0.3 is 0 Å². The highest BCUT2D eigenvalue weighted by atomic mass is 35.5. The van der Waals surface area contributed by atoms with Crippen LogP contribution in [0, 0.1) is 5.92 Å². The van der Waals surface area contributed by atoms with Crippen LogP contribution >= 0.6 is 23.2 Å². The molecule has 3 nitrogen and oxygen atoms in total. The molecule has 0 radical (unpaired) electrons. The number of alkyl halides is 2. The Kier molecular flexibility index (Phi) is 7.47. The van der Waals surface area contributed by atoms with Crippen molar-refractivity contribution in [3.63, 3.8) is 0 Å². The molecule has 0 saturated heterocycles. The largest absolute Gasteiger partial charge is 0.475 e. The van der Waals surface area contributed by atoms with Crippen molar-refractivity contribution in [2.75, 3.05) is 13.9 Å². The molecule has 0 aliphatic carbocycles. The van der Waals surface area contributed by atoms with Gasteiger partial charge in [0, 0.05) is 13.0 Å². The van der Waals surface area contributed by atoms with Gasteiger partial charge in [-0.3, -0.25) is 0 Å². The maximum atomic E-state index is 9.35. The third-order valence-corrected chi connectivity index (χ3v) is 1.98. The summed E-state index contributed by atoms with van der Waals surface area (Å²) in [7, 11) is 1.53. The Morgan fingerprint density at radius 1 is 1.46 bits per heavy atom. The lowest BCUT2D eigenvalue weighted by atomic mass is 10.1. The van der Waals surface area contributed by atoms with Crippen LogP contribution in [-0.2, 0) is 9.47 Å². The number of hydrogen-bond donors (Lipinski definition) is 1. The minimum Gasteiger partial charge on any atom is -0.475 e. The van der Waals surface area contributed by atoms with Crippen LogP contribution in [0.1, 0.15) is 6.92 Å². The molecule has 0 spiro atoms. The Bertz CT molecular complexity index is 150. The summed E-state index contributed by atoms with van der Waals surface area (Å²) in [5.41, 5.74) is 0. The molecule has 2 atom stereocenters. The summed E-state index contributed by atoms with van der Waals surface area (Å²) in [4.78, 5) is -0.790. The second-order valence-corrected chi connectivity index (χ2v) is 3.75. The van der Waals surface area contributed by atoms with Gasteiger partial charge in [0.15, 0.2) is 6.79 Å². The fourth-order valence-corrected chi connectivity index (χ4v) is 1.09. The topological polar surface area (TPSA) is 38.7 Å². The zero-order valence-electron chi connectivity index (χ0n) is 7.61. The van der Waals surface area contributed by atoms with Crippen LogP contribution in [0.15, 0.2) is 12.3 Å². The van der Waals surface area contributed by atoms with E-state index in [1.165, 1.54) is 13.4 Å². The number of hydrogen-bond acceptors (Lipinski definition) is 3. The van der Waals surface area contributed by atoms with E-state index in [1.54, 1.807) is 13.0 Å². The number of rotatable bonds is 6. The summed E-state index contributed by atoms with van der Waals surface area (Å²) in [5.74, 6) is -0.156. The lowest BCUT2D eigenvalue weighted by molar-refractivity contribution is 0.0187. The maximum Gasteiger partial charge on any atom is 0.187 e. The van der Waals surface area contributed by atoms with Crippen LogP contribution in [0.25, 0.3) is 0 Å². The van der Waals surface area contributed by atoms with Gasteiger partial charge in [-0.05, 0) is 6.08 Å². The van der Waals surface area contributed by atoms with Gasteiger partial charge in [0.2, 0.25) is 0 Å². The quantitative estimate of drug-likeness (QED) is 0.327. The fraction of sp³-hybridized carbons (Fsp3) is 0.750. The Labute approximate surface area is 88.2 Å². The molecule has 0 heterocycles. The summed E-state index contributed by atoms with van der Waals surface area (Å²) in [6.07, 6.45) is 2.33. The maximum absolute atomic E-state index is 9.35. The molecule has 5 heteroatoms. The van der Waals surface area contributed by atoms with Crippen molar-refractivity contribution >= 4 is 23.2 Å². The van der Waals surface area contributed by atoms with Crippen molar-refractivity contribution < 1.29 is 14.6 Å². The van der Waals surface area contributed by atoms with Gasteiger partial charge in [-0.15, -0.1) is 23.2 Å². The summed E-state index contributed by atoms with van der Waals surface area (Å²) < 4.78 is 9.53. The van der Waals surface area contributed by atoms with Gasteiger partial charge in [0.25, 0.3) is 0 Å². The molecule has 0 aliphatic rings. The Morgan fingerprint density at radius 2 is 2.08 bits per heavy atom. The summed E-state index contributed by atoms with van der Waals surface area (Å²) >= 11 is 11.0. The second kappa shape index (κ2) is 7.44. The first-order chi connectivity index (χ1) is 6.09. The Hall–Kier alpha value is 0.0400. The zero-order chi connectivity index (χ0) is 10.3. The monoisotopic (exact) mass is 228 g/mol. The smallest absolute Gasteiger partial charge is 0.187 e. The van der Waals surface area contributed by atoms with E-state index in [4.69, 9.17) is 27.9 Å². The van der Waals surface area contributed by atoms with Crippen LogP contribution in [0.3, 0.4) is 0 Å². The summed E-state index contributed by atoms with van der Waals surface area (Å²) in [6, 6.07) is 0. The van der Waals surface area contributed by atoms with E-state index in [0.29, 0.717) is 0 Å².